The molecule has 3 aliphatic rings. The third-order valence-corrected chi connectivity index (χ3v) is 7.74. The van der Waals surface area contributed by atoms with Crippen molar-refractivity contribution in [3.8, 4) is 11.5 Å². The van der Waals surface area contributed by atoms with Crippen LogP contribution in [0.1, 0.15) is 67.7 Å². The van der Waals surface area contributed by atoms with E-state index >= 15 is 0 Å². The highest BCUT2D eigenvalue weighted by atomic mass is 16.7. The van der Waals surface area contributed by atoms with E-state index in [1.165, 1.54) is 46.3 Å². The molecule has 208 valence electrons. The minimum atomic E-state index is -2.23. The van der Waals surface area contributed by atoms with Gasteiger partial charge in [0.15, 0.2) is 23.5 Å². The van der Waals surface area contributed by atoms with Crippen LogP contribution in [0.2, 0.25) is 0 Å². The smallest absolute Gasteiger partial charge is 0.201 e. The van der Waals surface area contributed by atoms with Crippen LogP contribution in [0.3, 0.4) is 0 Å². The van der Waals surface area contributed by atoms with Crippen molar-refractivity contribution in [2.24, 2.45) is 0 Å². The van der Waals surface area contributed by atoms with Crippen molar-refractivity contribution < 1.29 is 58.9 Å². The summed E-state index contributed by atoms with van der Waals surface area (Å²) >= 11 is 0. The Morgan fingerprint density at radius 3 is 2.26 bits per heavy atom. The Kier molecular flexibility index (Phi) is 6.63. The van der Waals surface area contributed by atoms with Crippen molar-refractivity contribution in [3.63, 3.8) is 0 Å². The van der Waals surface area contributed by atoms with Crippen LogP contribution in [-0.2, 0) is 18.9 Å². The quantitative estimate of drug-likeness (QED) is 0.304. The highest BCUT2D eigenvalue weighted by Crippen LogP contribution is 2.49. The lowest BCUT2D eigenvalue weighted by Crippen LogP contribution is -2.60. The largest absolute Gasteiger partial charge is 0.507 e. The van der Waals surface area contributed by atoms with Crippen LogP contribution in [0.4, 0.5) is 0 Å². The first-order chi connectivity index (χ1) is 18.4. The number of rotatable bonds is 4. The molecule has 0 saturated carbocycles. The second kappa shape index (κ2) is 9.45. The molecule has 1 saturated heterocycles. The summed E-state index contributed by atoms with van der Waals surface area (Å²) in [6.07, 6.45) is -9.24. The molecule has 0 amide bonds. The number of benzene rings is 2. The Bertz CT molecular complexity index is 1380. The van der Waals surface area contributed by atoms with Crippen molar-refractivity contribution in [1.82, 2.24) is 0 Å². The number of carbonyl (C=O) groups is 3. The molecule has 2 aliphatic carbocycles. The Morgan fingerprint density at radius 2 is 1.62 bits per heavy atom. The van der Waals surface area contributed by atoms with Crippen LogP contribution >= 0.6 is 0 Å². The van der Waals surface area contributed by atoms with Crippen LogP contribution < -0.4 is 0 Å². The van der Waals surface area contributed by atoms with Gasteiger partial charge in [-0.3, -0.25) is 14.4 Å². The molecule has 0 bridgehead atoms. The van der Waals surface area contributed by atoms with Crippen molar-refractivity contribution in [3.05, 3.63) is 57.6 Å². The van der Waals surface area contributed by atoms with Crippen LogP contribution in [0.15, 0.2) is 24.3 Å². The summed E-state index contributed by atoms with van der Waals surface area (Å²) in [5.41, 5.74) is -3.94. The van der Waals surface area contributed by atoms with Gasteiger partial charge in [-0.2, -0.15) is 0 Å². The molecule has 5 rings (SSSR count). The number of hydrogen-bond donors (Lipinski definition) is 5. The maximum atomic E-state index is 13.5. The van der Waals surface area contributed by atoms with Gasteiger partial charge in [0, 0.05) is 36.5 Å². The number of methoxy groups -OCH3 is 2. The number of ether oxygens (including phenoxy) is 4. The lowest BCUT2D eigenvalue weighted by atomic mass is 9.72. The number of phenols is 2. The number of ketones is 3. The average Bonchev–Trinajstić information content (AvgIpc) is 2.88. The summed E-state index contributed by atoms with van der Waals surface area (Å²) < 4.78 is 22.6. The molecule has 12 nitrogen and oxygen atoms in total. The van der Waals surface area contributed by atoms with Gasteiger partial charge in [0.1, 0.15) is 42.0 Å². The highest BCUT2D eigenvalue weighted by Gasteiger charge is 2.56. The van der Waals surface area contributed by atoms with Crippen molar-refractivity contribution >= 4 is 17.3 Å². The van der Waals surface area contributed by atoms with Crippen LogP contribution in [0, 0.1) is 0 Å². The Labute approximate surface area is 222 Å². The zero-order valence-corrected chi connectivity index (χ0v) is 21.4. The zero-order valence-electron chi connectivity index (χ0n) is 21.4. The van der Waals surface area contributed by atoms with Gasteiger partial charge in [0.2, 0.25) is 5.78 Å². The standard InChI is InChI=1S/C27H28O12/c1-9-17(29)21(33)23(36-3)26(38-9)39-22-16-12(24(34)27(2,35)25(22)37-4)8-11-15(20(16)32)19(31)14-10(18(11)30)6-5-7-13(14)28/h5-9,17,21-23,25-26,28-29,32-33,35H,1-4H3/t9?,17?,21?,22-,23?,25?,26?,27?/m1/s1. The fraction of sp³-hybridized carbons (Fsp3) is 0.444. The third-order valence-electron chi connectivity index (χ3n) is 7.74. The van der Waals surface area contributed by atoms with E-state index in [-0.39, 0.29) is 27.8 Å². The van der Waals surface area contributed by atoms with Gasteiger partial charge >= 0.3 is 0 Å². The first-order valence-corrected chi connectivity index (χ1v) is 12.2. The topological polar surface area (TPSA) is 189 Å². The van der Waals surface area contributed by atoms with Crippen LogP contribution in [0.5, 0.6) is 11.5 Å². The Hall–Kier alpha value is -3.23. The zero-order chi connectivity index (χ0) is 28.5. The van der Waals surface area contributed by atoms with Gasteiger partial charge in [0.05, 0.1) is 17.2 Å². The van der Waals surface area contributed by atoms with E-state index in [4.69, 9.17) is 18.9 Å². The summed E-state index contributed by atoms with van der Waals surface area (Å²) in [4.78, 5) is 40.3. The number of phenolic OH excluding ortho intramolecular Hbond substituents is 2. The fourth-order valence-electron chi connectivity index (χ4n) is 5.65. The number of carbonyl (C=O) groups excluding carboxylic acids is 3. The molecule has 39 heavy (non-hydrogen) atoms. The minimum absolute atomic E-state index is 0.107. The fourth-order valence-corrected chi connectivity index (χ4v) is 5.65. The van der Waals surface area contributed by atoms with Crippen molar-refractivity contribution in [1.29, 1.82) is 0 Å². The number of aromatic hydroxyl groups is 2. The first-order valence-electron chi connectivity index (χ1n) is 12.2. The second-order valence-corrected chi connectivity index (χ2v) is 10.0. The maximum Gasteiger partial charge on any atom is 0.201 e. The van der Waals surface area contributed by atoms with Gasteiger partial charge in [-0.15, -0.1) is 0 Å². The average molecular weight is 545 g/mol. The Balaban J connectivity index is 1.71. The lowest BCUT2D eigenvalue weighted by molar-refractivity contribution is -0.321. The molecule has 1 fully saturated rings. The first kappa shape index (κ1) is 27.3. The summed E-state index contributed by atoms with van der Waals surface area (Å²) in [7, 11) is 2.45. The van der Waals surface area contributed by atoms with Gasteiger partial charge < -0.3 is 44.5 Å². The van der Waals surface area contributed by atoms with E-state index < -0.39 is 82.9 Å². The number of Topliss-reactive ketones (excluding diaryl/α,β-unsaturated/α-hetero) is 1. The second-order valence-electron chi connectivity index (χ2n) is 10.0. The molecule has 8 atom stereocenters. The summed E-state index contributed by atoms with van der Waals surface area (Å²) in [6.45, 7) is 2.66. The van der Waals surface area contributed by atoms with Crippen molar-refractivity contribution in [2.45, 2.75) is 62.4 Å². The van der Waals surface area contributed by atoms with Crippen molar-refractivity contribution in [2.75, 3.05) is 14.2 Å². The van der Waals surface area contributed by atoms with Gasteiger partial charge in [0.25, 0.3) is 0 Å². The number of aliphatic hydroxyl groups is 3. The number of hydrogen-bond acceptors (Lipinski definition) is 12. The molecule has 1 aliphatic heterocycles. The molecular formula is C27H28O12. The van der Waals surface area contributed by atoms with Gasteiger partial charge in [-0.05, 0) is 26.0 Å². The highest BCUT2D eigenvalue weighted by molar-refractivity contribution is 6.31. The molecule has 0 radical (unpaired) electrons. The van der Waals surface area contributed by atoms with E-state index in [0.717, 1.165) is 6.07 Å². The molecule has 5 N–H and O–H groups in total. The summed E-state index contributed by atoms with van der Waals surface area (Å²) in [6, 6.07) is 5.05. The molecule has 2 aromatic rings. The van der Waals surface area contributed by atoms with E-state index in [1.807, 2.05) is 0 Å². The maximum absolute atomic E-state index is 13.5. The molecule has 0 spiro atoms. The Morgan fingerprint density at radius 1 is 0.923 bits per heavy atom. The van der Waals surface area contributed by atoms with Crippen LogP contribution in [0.25, 0.3) is 0 Å². The molecule has 7 unspecified atom stereocenters. The summed E-state index contributed by atoms with van der Waals surface area (Å²) in [5, 5.41) is 53.8. The molecular weight excluding hydrogens is 516 g/mol. The predicted molar refractivity (Wildman–Crippen MR) is 130 cm³/mol. The van der Waals surface area contributed by atoms with Crippen LogP contribution in [-0.4, -0.2) is 99.5 Å². The third kappa shape index (κ3) is 3.83. The monoisotopic (exact) mass is 544 g/mol. The van der Waals surface area contributed by atoms with Gasteiger partial charge in [-0.25, -0.2) is 0 Å². The molecule has 2 aromatic carbocycles. The molecule has 12 heteroatoms. The van der Waals surface area contributed by atoms with E-state index in [0.29, 0.717) is 0 Å². The summed E-state index contributed by atoms with van der Waals surface area (Å²) in [5.74, 6) is -3.71. The number of fused-ring (bicyclic) bond motifs is 3. The normalized spacial score (nSPS) is 33.9. The molecule has 0 aromatic heterocycles. The predicted octanol–water partition coefficient (Wildman–Crippen LogP) is 0.375. The molecule has 1 heterocycles. The number of aliphatic hydroxyl groups excluding tert-OH is 2. The van der Waals surface area contributed by atoms with Gasteiger partial charge in [-0.1, -0.05) is 12.1 Å². The van der Waals surface area contributed by atoms with E-state index in [2.05, 4.69) is 0 Å². The lowest BCUT2D eigenvalue weighted by Gasteiger charge is -2.46. The van der Waals surface area contributed by atoms with E-state index in [1.54, 1.807) is 0 Å². The SMILES string of the molecule is COC1C(O[C@@H]2c3c(cc4c(c3O)C(=O)c3c(O)cccc3C4=O)C(=O)C(C)(O)C2OC)OC(C)C(O)C1O. The van der Waals surface area contributed by atoms with E-state index in [9.17, 15) is 39.9 Å². The minimum Gasteiger partial charge on any atom is -0.507 e.